The molecule has 1 heterocycles. The molecule has 0 fully saturated rings. The molecule has 0 unspecified atom stereocenters. The Morgan fingerprint density at radius 1 is 1.00 bits per heavy atom. The average molecular weight is 320 g/mol. The molecule has 2 aromatic carbocycles. The van der Waals surface area contributed by atoms with E-state index in [9.17, 15) is 9.59 Å². The molecule has 1 amide bonds. The van der Waals surface area contributed by atoms with E-state index in [1.807, 2.05) is 55.5 Å². The zero-order chi connectivity index (χ0) is 17.1. The SMILES string of the molecule is Cc1ccc(CC(=O)NCc2ccc3[nH]c(=O)c(C)cc3c2)cc1. The molecule has 4 nitrogen and oxygen atoms in total. The van der Waals surface area contributed by atoms with Crippen LogP contribution in [0.2, 0.25) is 0 Å². The van der Waals surface area contributed by atoms with Crippen molar-refractivity contribution < 1.29 is 4.79 Å². The molecule has 0 spiro atoms. The Morgan fingerprint density at radius 3 is 2.46 bits per heavy atom. The number of rotatable bonds is 4. The van der Waals surface area contributed by atoms with E-state index in [-0.39, 0.29) is 11.5 Å². The number of nitrogens with one attached hydrogen (secondary N) is 2. The maximum absolute atomic E-state index is 12.1. The molecule has 0 bridgehead atoms. The Morgan fingerprint density at radius 2 is 1.71 bits per heavy atom. The fourth-order valence-corrected chi connectivity index (χ4v) is 2.63. The number of pyridine rings is 1. The molecule has 0 saturated heterocycles. The van der Waals surface area contributed by atoms with Crippen molar-refractivity contribution in [1.29, 1.82) is 0 Å². The van der Waals surface area contributed by atoms with Gasteiger partial charge >= 0.3 is 0 Å². The number of aromatic amines is 1. The van der Waals surface area contributed by atoms with Gasteiger partial charge in [0.2, 0.25) is 5.91 Å². The number of aryl methyl sites for hydroxylation is 2. The molecule has 0 radical (unpaired) electrons. The molecule has 0 aliphatic carbocycles. The van der Waals surface area contributed by atoms with Crippen molar-refractivity contribution in [1.82, 2.24) is 10.3 Å². The summed E-state index contributed by atoms with van der Waals surface area (Å²) in [5.74, 6) is -0.00315. The third kappa shape index (κ3) is 3.71. The lowest BCUT2D eigenvalue weighted by Gasteiger charge is -2.07. The average Bonchev–Trinajstić information content (AvgIpc) is 2.56. The summed E-state index contributed by atoms with van der Waals surface area (Å²) in [6.07, 6.45) is 0.375. The first-order valence-electron chi connectivity index (χ1n) is 7.96. The number of H-pyrrole nitrogens is 1. The van der Waals surface area contributed by atoms with Crippen LogP contribution in [0.5, 0.6) is 0 Å². The summed E-state index contributed by atoms with van der Waals surface area (Å²) in [4.78, 5) is 26.5. The zero-order valence-corrected chi connectivity index (χ0v) is 13.8. The highest BCUT2D eigenvalue weighted by molar-refractivity contribution is 5.81. The summed E-state index contributed by atoms with van der Waals surface area (Å²) < 4.78 is 0. The van der Waals surface area contributed by atoms with Crippen molar-refractivity contribution >= 4 is 16.8 Å². The topological polar surface area (TPSA) is 62.0 Å². The van der Waals surface area contributed by atoms with Gasteiger partial charge in [0.05, 0.1) is 6.42 Å². The standard InChI is InChI=1S/C20H20N2O2/c1-13-3-5-15(6-4-13)11-19(23)21-12-16-7-8-18-17(10-16)9-14(2)20(24)22-18/h3-10H,11-12H2,1-2H3,(H,21,23)(H,22,24). The van der Waals surface area contributed by atoms with E-state index in [0.29, 0.717) is 18.5 Å². The van der Waals surface area contributed by atoms with Crippen molar-refractivity contribution in [3.8, 4) is 0 Å². The van der Waals surface area contributed by atoms with Gasteiger partial charge in [0.1, 0.15) is 0 Å². The van der Waals surface area contributed by atoms with E-state index in [1.54, 1.807) is 6.92 Å². The van der Waals surface area contributed by atoms with Gasteiger partial charge in [-0.15, -0.1) is 0 Å². The Balaban J connectivity index is 1.66. The van der Waals surface area contributed by atoms with Crippen LogP contribution in [0.15, 0.2) is 53.3 Å². The van der Waals surface area contributed by atoms with E-state index in [2.05, 4.69) is 10.3 Å². The van der Waals surface area contributed by atoms with Crippen LogP contribution in [0, 0.1) is 13.8 Å². The third-order valence-corrected chi connectivity index (χ3v) is 4.07. The number of amides is 1. The molecule has 2 N–H and O–H groups in total. The Kier molecular flexibility index (Phi) is 4.47. The van der Waals surface area contributed by atoms with E-state index in [1.165, 1.54) is 5.56 Å². The van der Waals surface area contributed by atoms with E-state index in [0.717, 1.165) is 22.0 Å². The minimum absolute atomic E-state index is 0.00315. The smallest absolute Gasteiger partial charge is 0.251 e. The summed E-state index contributed by atoms with van der Waals surface area (Å²) in [7, 11) is 0. The monoisotopic (exact) mass is 320 g/mol. The van der Waals surface area contributed by atoms with Crippen LogP contribution in [0.4, 0.5) is 0 Å². The molecule has 4 heteroatoms. The lowest BCUT2D eigenvalue weighted by atomic mass is 10.1. The van der Waals surface area contributed by atoms with Crippen LogP contribution in [0.1, 0.15) is 22.3 Å². The highest BCUT2D eigenvalue weighted by atomic mass is 16.1. The van der Waals surface area contributed by atoms with Gasteiger partial charge in [0, 0.05) is 17.6 Å². The Bertz CT molecular complexity index is 940. The number of fused-ring (bicyclic) bond motifs is 1. The van der Waals surface area contributed by atoms with Crippen molar-refractivity contribution in [2.24, 2.45) is 0 Å². The van der Waals surface area contributed by atoms with Gasteiger partial charge in [-0.25, -0.2) is 0 Å². The second kappa shape index (κ2) is 6.71. The van der Waals surface area contributed by atoms with E-state index < -0.39 is 0 Å². The molecule has 0 aliphatic rings. The van der Waals surface area contributed by atoms with Crippen molar-refractivity contribution in [2.45, 2.75) is 26.8 Å². The first-order valence-corrected chi connectivity index (χ1v) is 7.96. The Labute approximate surface area is 140 Å². The van der Waals surface area contributed by atoms with Crippen LogP contribution in [0.3, 0.4) is 0 Å². The highest BCUT2D eigenvalue weighted by Gasteiger charge is 2.05. The molecule has 1 aromatic heterocycles. The maximum Gasteiger partial charge on any atom is 0.251 e. The number of carbonyl (C=O) groups excluding carboxylic acids is 1. The fourth-order valence-electron chi connectivity index (χ4n) is 2.63. The van der Waals surface area contributed by atoms with Crippen molar-refractivity contribution in [2.75, 3.05) is 0 Å². The predicted octanol–water partition coefficient (Wildman–Crippen LogP) is 3.00. The largest absolute Gasteiger partial charge is 0.352 e. The molecule has 0 aliphatic heterocycles. The minimum Gasteiger partial charge on any atom is -0.352 e. The number of hydrogen-bond acceptors (Lipinski definition) is 2. The lowest BCUT2D eigenvalue weighted by molar-refractivity contribution is -0.120. The third-order valence-electron chi connectivity index (χ3n) is 4.07. The van der Waals surface area contributed by atoms with Gasteiger partial charge in [-0.3, -0.25) is 9.59 Å². The summed E-state index contributed by atoms with van der Waals surface area (Å²) >= 11 is 0. The van der Waals surface area contributed by atoms with Crippen LogP contribution in [0.25, 0.3) is 10.9 Å². The predicted molar refractivity (Wildman–Crippen MR) is 96.0 cm³/mol. The van der Waals surface area contributed by atoms with Crippen LogP contribution >= 0.6 is 0 Å². The van der Waals surface area contributed by atoms with Crippen LogP contribution < -0.4 is 10.9 Å². The Hall–Kier alpha value is -2.88. The van der Waals surface area contributed by atoms with Gasteiger partial charge in [-0.1, -0.05) is 35.9 Å². The van der Waals surface area contributed by atoms with Crippen LogP contribution in [-0.2, 0) is 17.8 Å². The second-order valence-corrected chi connectivity index (χ2v) is 6.14. The molecule has 0 atom stereocenters. The molecule has 24 heavy (non-hydrogen) atoms. The molecule has 122 valence electrons. The number of carbonyl (C=O) groups is 1. The fraction of sp³-hybridized carbons (Fsp3) is 0.200. The first kappa shape index (κ1) is 16.0. The quantitative estimate of drug-likeness (QED) is 0.776. The van der Waals surface area contributed by atoms with Gasteiger partial charge < -0.3 is 10.3 Å². The van der Waals surface area contributed by atoms with Gasteiger partial charge in [0.15, 0.2) is 0 Å². The summed E-state index contributed by atoms with van der Waals surface area (Å²) in [5, 5.41) is 3.91. The summed E-state index contributed by atoms with van der Waals surface area (Å²) in [6, 6.07) is 15.6. The van der Waals surface area contributed by atoms with Gasteiger partial charge in [-0.05, 0) is 48.6 Å². The molecular weight excluding hydrogens is 300 g/mol. The number of benzene rings is 2. The van der Waals surface area contributed by atoms with Crippen molar-refractivity contribution in [3.05, 3.63) is 81.1 Å². The first-order chi connectivity index (χ1) is 11.5. The number of hydrogen-bond donors (Lipinski definition) is 2. The van der Waals surface area contributed by atoms with Crippen LogP contribution in [-0.4, -0.2) is 10.9 Å². The van der Waals surface area contributed by atoms with Gasteiger partial charge in [0.25, 0.3) is 5.56 Å². The molecular formula is C20H20N2O2. The molecule has 0 saturated carbocycles. The normalized spacial score (nSPS) is 10.8. The van der Waals surface area contributed by atoms with E-state index in [4.69, 9.17) is 0 Å². The second-order valence-electron chi connectivity index (χ2n) is 6.14. The summed E-state index contributed by atoms with van der Waals surface area (Å²) in [6.45, 7) is 4.28. The number of aromatic nitrogens is 1. The summed E-state index contributed by atoms with van der Waals surface area (Å²) in [5.41, 5.74) is 4.62. The molecule has 3 aromatic rings. The zero-order valence-electron chi connectivity index (χ0n) is 13.8. The van der Waals surface area contributed by atoms with Gasteiger partial charge in [-0.2, -0.15) is 0 Å². The molecule has 3 rings (SSSR count). The lowest BCUT2D eigenvalue weighted by Crippen LogP contribution is -2.24. The maximum atomic E-state index is 12.1. The minimum atomic E-state index is -0.0679. The van der Waals surface area contributed by atoms with Crippen molar-refractivity contribution in [3.63, 3.8) is 0 Å². The highest BCUT2D eigenvalue weighted by Crippen LogP contribution is 2.13. The van der Waals surface area contributed by atoms with E-state index >= 15 is 0 Å².